The summed E-state index contributed by atoms with van der Waals surface area (Å²) in [5, 5.41) is 14.1. The Bertz CT molecular complexity index is 714. The first-order valence-electron chi connectivity index (χ1n) is 7.97. The predicted molar refractivity (Wildman–Crippen MR) is 96.9 cm³/mol. The number of benzene rings is 2. The summed E-state index contributed by atoms with van der Waals surface area (Å²) in [4.78, 5) is 12.0. The van der Waals surface area contributed by atoms with Gasteiger partial charge in [0, 0.05) is 0 Å². The SMILES string of the molecule is C/C(=N/NC(=O)[C@@H](O)c1ccccc1)c1ccc(C(C)(C)C)cc1. The van der Waals surface area contributed by atoms with Crippen molar-refractivity contribution < 1.29 is 9.90 Å². The van der Waals surface area contributed by atoms with Gasteiger partial charge in [0.2, 0.25) is 0 Å². The van der Waals surface area contributed by atoms with Crippen molar-refractivity contribution in [3.05, 3.63) is 71.3 Å². The van der Waals surface area contributed by atoms with Crippen LogP contribution in [0.4, 0.5) is 0 Å². The van der Waals surface area contributed by atoms with Crippen LogP contribution in [0.1, 0.15) is 50.5 Å². The van der Waals surface area contributed by atoms with Crippen molar-refractivity contribution in [2.75, 3.05) is 0 Å². The van der Waals surface area contributed by atoms with E-state index in [1.807, 2.05) is 25.1 Å². The third kappa shape index (κ3) is 4.52. The number of aliphatic hydroxyl groups is 1. The molecule has 2 aromatic carbocycles. The zero-order valence-electron chi connectivity index (χ0n) is 14.6. The molecule has 1 amide bonds. The van der Waals surface area contributed by atoms with Crippen molar-refractivity contribution in [1.82, 2.24) is 5.43 Å². The Labute approximate surface area is 143 Å². The zero-order valence-corrected chi connectivity index (χ0v) is 14.6. The highest BCUT2D eigenvalue weighted by molar-refractivity contribution is 5.99. The van der Waals surface area contributed by atoms with Crippen molar-refractivity contribution in [3.8, 4) is 0 Å². The van der Waals surface area contributed by atoms with E-state index in [2.05, 4.69) is 43.4 Å². The Balaban J connectivity index is 2.04. The first-order chi connectivity index (χ1) is 11.3. The minimum atomic E-state index is -1.23. The van der Waals surface area contributed by atoms with Crippen LogP contribution in [-0.4, -0.2) is 16.7 Å². The molecule has 0 heterocycles. The first-order valence-corrected chi connectivity index (χ1v) is 7.97. The van der Waals surface area contributed by atoms with Gasteiger partial charge in [0.05, 0.1) is 5.71 Å². The van der Waals surface area contributed by atoms with Gasteiger partial charge in [0.15, 0.2) is 6.10 Å². The lowest BCUT2D eigenvalue weighted by atomic mass is 9.86. The van der Waals surface area contributed by atoms with E-state index in [-0.39, 0.29) is 5.41 Å². The van der Waals surface area contributed by atoms with Gasteiger partial charge in [-0.1, -0.05) is 75.4 Å². The Morgan fingerprint density at radius 1 is 1.04 bits per heavy atom. The monoisotopic (exact) mass is 324 g/mol. The maximum atomic E-state index is 12.0. The van der Waals surface area contributed by atoms with E-state index in [0.717, 1.165) is 5.56 Å². The van der Waals surface area contributed by atoms with E-state index in [9.17, 15) is 9.90 Å². The fourth-order valence-corrected chi connectivity index (χ4v) is 2.26. The summed E-state index contributed by atoms with van der Waals surface area (Å²) in [5.74, 6) is -0.549. The van der Waals surface area contributed by atoms with Crippen molar-refractivity contribution in [3.63, 3.8) is 0 Å². The third-order valence-electron chi connectivity index (χ3n) is 3.87. The van der Waals surface area contributed by atoms with Crippen molar-refractivity contribution in [2.45, 2.75) is 39.2 Å². The molecule has 2 N–H and O–H groups in total. The minimum Gasteiger partial charge on any atom is -0.378 e. The van der Waals surface area contributed by atoms with Gasteiger partial charge in [-0.25, -0.2) is 5.43 Å². The Hall–Kier alpha value is -2.46. The predicted octanol–water partition coefficient (Wildman–Crippen LogP) is 3.56. The van der Waals surface area contributed by atoms with Gasteiger partial charge in [0.1, 0.15) is 0 Å². The van der Waals surface area contributed by atoms with Gasteiger partial charge >= 0.3 is 0 Å². The molecule has 0 unspecified atom stereocenters. The van der Waals surface area contributed by atoms with Gasteiger partial charge in [-0.2, -0.15) is 5.10 Å². The van der Waals surface area contributed by atoms with Crippen LogP contribution in [0.5, 0.6) is 0 Å². The molecule has 0 aliphatic carbocycles. The van der Waals surface area contributed by atoms with Crippen LogP contribution in [0, 0.1) is 0 Å². The van der Waals surface area contributed by atoms with Crippen LogP contribution < -0.4 is 5.43 Å². The summed E-state index contributed by atoms with van der Waals surface area (Å²) in [7, 11) is 0. The van der Waals surface area contributed by atoms with Crippen molar-refractivity contribution in [2.24, 2.45) is 5.10 Å². The van der Waals surface area contributed by atoms with Crippen molar-refractivity contribution >= 4 is 11.6 Å². The molecule has 0 saturated heterocycles. The summed E-state index contributed by atoms with van der Waals surface area (Å²) in [6.45, 7) is 8.30. The molecule has 2 aromatic rings. The summed E-state index contributed by atoms with van der Waals surface area (Å²) in [5.41, 5.74) is 5.91. The van der Waals surface area contributed by atoms with E-state index in [1.165, 1.54) is 5.56 Å². The average Bonchev–Trinajstić information content (AvgIpc) is 2.58. The summed E-state index contributed by atoms with van der Waals surface area (Å²) >= 11 is 0. The standard InChI is InChI=1S/C20H24N2O2/c1-14(15-10-12-17(13-11-15)20(2,3)4)21-22-19(24)18(23)16-8-6-5-7-9-16/h5-13,18,23H,1-4H3,(H,22,24)/b21-14-/t18-/m0/s1. The molecule has 4 nitrogen and oxygen atoms in total. The molecule has 0 spiro atoms. The van der Waals surface area contributed by atoms with Gasteiger partial charge < -0.3 is 5.11 Å². The highest BCUT2D eigenvalue weighted by Crippen LogP contribution is 2.22. The lowest BCUT2D eigenvalue weighted by Gasteiger charge is -2.19. The van der Waals surface area contributed by atoms with Crippen LogP contribution in [-0.2, 0) is 10.2 Å². The van der Waals surface area contributed by atoms with Gasteiger partial charge in [-0.05, 0) is 29.0 Å². The summed E-state index contributed by atoms with van der Waals surface area (Å²) in [6.07, 6.45) is -1.23. The maximum Gasteiger partial charge on any atom is 0.273 e. The normalized spacial score (nSPS) is 13.5. The number of amides is 1. The molecule has 1 atom stereocenters. The molecular weight excluding hydrogens is 300 g/mol. The fraction of sp³-hybridized carbons (Fsp3) is 0.300. The molecule has 0 aliphatic rings. The molecule has 0 saturated carbocycles. The smallest absolute Gasteiger partial charge is 0.273 e. The molecule has 0 aromatic heterocycles. The highest BCUT2D eigenvalue weighted by Gasteiger charge is 2.16. The number of carbonyl (C=O) groups excluding carboxylic acids is 1. The molecular formula is C20H24N2O2. The molecule has 0 aliphatic heterocycles. The summed E-state index contributed by atoms with van der Waals surface area (Å²) in [6, 6.07) is 16.9. The van der Waals surface area contributed by atoms with Crippen molar-refractivity contribution in [1.29, 1.82) is 0 Å². The van der Waals surface area contributed by atoms with Crippen LogP contribution in [0.25, 0.3) is 0 Å². The number of hydrazone groups is 1. The number of hydrogen-bond donors (Lipinski definition) is 2. The second-order valence-electron chi connectivity index (χ2n) is 6.81. The minimum absolute atomic E-state index is 0.0948. The lowest BCUT2D eigenvalue weighted by molar-refractivity contribution is -0.129. The number of nitrogens with one attached hydrogen (secondary N) is 1. The number of hydrogen-bond acceptors (Lipinski definition) is 3. The number of carbonyl (C=O) groups is 1. The number of nitrogens with zero attached hydrogens (tertiary/aromatic N) is 1. The largest absolute Gasteiger partial charge is 0.378 e. The lowest BCUT2D eigenvalue weighted by Crippen LogP contribution is -2.26. The Morgan fingerprint density at radius 3 is 2.17 bits per heavy atom. The highest BCUT2D eigenvalue weighted by atomic mass is 16.3. The average molecular weight is 324 g/mol. The number of aliphatic hydroxyl groups excluding tert-OH is 1. The maximum absolute atomic E-state index is 12.0. The number of rotatable bonds is 4. The van der Waals surface area contributed by atoms with E-state index in [4.69, 9.17) is 0 Å². The Morgan fingerprint density at radius 2 is 1.62 bits per heavy atom. The van der Waals surface area contributed by atoms with Crippen LogP contribution in [0.3, 0.4) is 0 Å². The quantitative estimate of drug-likeness (QED) is 0.667. The Kier molecular flexibility index (Phi) is 5.52. The van der Waals surface area contributed by atoms with E-state index in [1.54, 1.807) is 24.3 Å². The molecule has 0 fully saturated rings. The second-order valence-corrected chi connectivity index (χ2v) is 6.81. The van der Waals surface area contributed by atoms with Gasteiger partial charge in [-0.3, -0.25) is 4.79 Å². The van der Waals surface area contributed by atoms with Crippen LogP contribution in [0.15, 0.2) is 59.7 Å². The molecule has 126 valence electrons. The van der Waals surface area contributed by atoms with Crippen LogP contribution >= 0.6 is 0 Å². The molecule has 0 radical (unpaired) electrons. The van der Waals surface area contributed by atoms with E-state index < -0.39 is 12.0 Å². The fourth-order valence-electron chi connectivity index (χ4n) is 2.26. The van der Waals surface area contributed by atoms with Gasteiger partial charge in [-0.15, -0.1) is 0 Å². The second kappa shape index (κ2) is 7.41. The molecule has 2 rings (SSSR count). The third-order valence-corrected chi connectivity index (χ3v) is 3.87. The van der Waals surface area contributed by atoms with Gasteiger partial charge in [0.25, 0.3) is 5.91 Å². The topological polar surface area (TPSA) is 61.7 Å². The molecule has 4 heteroatoms. The molecule has 24 heavy (non-hydrogen) atoms. The molecule has 0 bridgehead atoms. The van der Waals surface area contributed by atoms with Crippen LogP contribution in [0.2, 0.25) is 0 Å². The zero-order chi connectivity index (χ0) is 17.7. The first kappa shape index (κ1) is 17.9. The van der Waals surface area contributed by atoms with E-state index in [0.29, 0.717) is 11.3 Å². The summed E-state index contributed by atoms with van der Waals surface area (Å²) < 4.78 is 0. The van der Waals surface area contributed by atoms with E-state index >= 15 is 0 Å².